The number of nitrogens with zero attached hydrogens (tertiary/aromatic N) is 3. The minimum absolute atomic E-state index is 0.00418. The van der Waals surface area contributed by atoms with Gasteiger partial charge < -0.3 is 25.6 Å². The summed E-state index contributed by atoms with van der Waals surface area (Å²) in [6.45, 7) is 4.03. The van der Waals surface area contributed by atoms with Crippen LogP contribution in [0.3, 0.4) is 0 Å². The number of hydrogen-bond donors (Lipinski definition) is 2. The zero-order valence-corrected chi connectivity index (χ0v) is 18.9. The van der Waals surface area contributed by atoms with Gasteiger partial charge in [-0.15, -0.1) is 0 Å². The number of aromatic nitrogens is 1. The lowest BCUT2D eigenvalue weighted by Crippen LogP contribution is -2.44. The van der Waals surface area contributed by atoms with Crippen molar-refractivity contribution in [1.29, 1.82) is 0 Å². The van der Waals surface area contributed by atoms with Crippen molar-refractivity contribution in [1.82, 2.24) is 9.47 Å². The number of piperazine rings is 1. The highest BCUT2D eigenvalue weighted by Gasteiger charge is 2.24. The highest BCUT2D eigenvalue weighted by Crippen LogP contribution is 2.25. The summed E-state index contributed by atoms with van der Waals surface area (Å²) in [4.78, 5) is 30.0. The molecular formula is C24H33N5O3. The van der Waals surface area contributed by atoms with Crippen LogP contribution in [0.4, 0.5) is 11.4 Å². The van der Waals surface area contributed by atoms with E-state index in [-0.39, 0.29) is 17.7 Å². The first-order valence-electron chi connectivity index (χ1n) is 11.3. The van der Waals surface area contributed by atoms with E-state index in [4.69, 9.17) is 10.5 Å². The molecule has 1 saturated heterocycles. The molecule has 1 aliphatic heterocycles. The van der Waals surface area contributed by atoms with Crippen molar-refractivity contribution in [2.45, 2.75) is 37.8 Å². The lowest BCUT2D eigenvalue weighted by atomic mass is 9.92. The molecule has 3 N–H and O–H groups in total. The quantitative estimate of drug-likeness (QED) is 0.716. The van der Waals surface area contributed by atoms with Gasteiger partial charge in [0.25, 0.3) is 11.5 Å². The summed E-state index contributed by atoms with van der Waals surface area (Å²) >= 11 is 0. The van der Waals surface area contributed by atoms with Crippen molar-refractivity contribution in [3.05, 3.63) is 52.4 Å². The van der Waals surface area contributed by atoms with Crippen LogP contribution in [0.2, 0.25) is 0 Å². The molecule has 172 valence electrons. The van der Waals surface area contributed by atoms with Gasteiger partial charge in [0.15, 0.2) is 0 Å². The molecule has 8 heteroatoms. The highest BCUT2D eigenvalue weighted by atomic mass is 16.5. The highest BCUT2D eigenvalue weighted by molar-refractivity contribution is 5.98. The predicted molar refractivity (Wildman–Crippen MR) is 127 cm³/mol. The van der Waals surface area contributed by atoms with E-state index < -0.39 is 11.5 Å². The molecule has 2 heterocycles. The summed E-state index contributed by atoms with van der Waals surface area (Å²) in [5, 5.41) is 3.37. The van der Waals surface area contributed by atoms with Crippen LogP contribution in [0.5, 0.6) is 0 Å². The molecule has 1 aliphatic carbocycles. The maximum absolute atomic E-state index is 13.2. The van der Waals surface area contributed by atoms with E-state index in [0.29, 0.717) is 11.4 Å². The van der Waals surface area contributed by atoms with Crippen molar-refractivity contribution in [3.63, 3.8) is 0 Å². The Morgan fingerprint density at radius 1 is 1.00 bits per heavy atom. The number of primary amides is 1. The van der Waals surface area contributed by atoms with Crippen LogP contribution >= 0.6 is 0 Å². The normalized spacial score (nSPS) is 22.0. The van der Waals surface area contributed by atoms with Gasteiger partial charge >= 0.3 is 0 Å². The average molecular weight is 440 g/mol. The summed E-state index contributed by atoms with van der Waals surface area (Å²) in [6.07, 6.45) is 5.75. The van der Waals surface area contributed by atoms with Gasteiger partial charge in [-0.05, 0) is 63.1 Å². The second-order valence-corrected chi connectivity index (χ2v) is 8.80. The van der Waals surface area contributed by atoms with Crippen LogP contribution in [0.1, 0.15) is 36.0 Å². The van der Waals surface area contributed by atoms with Gasteiger partial charge in [-0.3, -0.25) is 14.2 Å². The van der Waals surface area contributed by atoms with Crippen LogP contribution in [0.25, 0.3) is 5.69 Å². The van der Waals surface area contributed by atoms with Gasteiger partial charge in [0.1, 0.15) is 5.56 Å². The second-order valence-electron chi connectivity index (χ2n) is 8.80. The minimum Gasteiger partial charge on any atom is -0.381 e. The van der Waals surface area contributed by atoms with Crippen molar-refractivity contribution in [3.8, 4) is 5.69 Å². The number of benzene rings is 1. The number of nitrogens with one attached hydrogen (secondary N) is 1. The first-order chi connectivity index (χ1) is 15.5. The number of anilines is 2. The molecule has 1 aromatic carbocycles. The Kier molecular flexibility index (Phi) is 6.81. The molecule has 1 saturated carbocycles. The van der Waals surface area contributed by atoms with E-state index >= 15 is 0 Å². The number of methoxy groups -OCH3 is 1. The Bertz CT molecular complexity index is 988. The predicted octanol–water partition coefficient (Wildman–Crippen LogP) is 2.06. The molecular weight excluding hydrogens is 406 g/mol. The molecule has 4 rings (SSSR count). The summed E-state index contributed by atoms with van der Waals surface area (Å²) in [7, 11) is 3.87. The van der Waals surface area contributed by atoms with E-state index in [1.165, 1.54) is 4.57 Å². The molecule has 0 unspecified atom stereocenters. The van der Waals surface area contributed by atoms with Crippen molar-refractivity contribution < 1.29 is 9.53 Å². The van der Waals surface area contributed by atoms with E-state index in [1.807, 2.05) is 24.3 Å². The lowest BCUT2D eigenvalue weighted by Gasteiger charge is -2.34. The zero-order valence-electron chi connectivity index (χ0n) is 18.9. The molecule has 32 heavy (non-hydrogen) atoms. The van der Waals surface area contributed by atoms with Crippen molar-refractivity contribution in [2.75, 3.05) is 50.6 Å². The van der Waals surface area contributed by atoms with Gasteiger partial charge in [0.2, 0.25) is 0 Å². The monoisotopic (exact) mass is 439 g/mol. The number of nitrogens with two attached hydrogens (primary N) is 1. The Hall–Kier alpha value is -2.84. The standard InChI is InChI=1S/C24H33N5O3/c1-27-13-15-28(16-14-27)18-5-7-19(8-6-18)29-12-11-21(22(23(25)30)24(29)31)26-17-3-9-20(32-2)10-4-17/h5-8,11-12,17,20,26H,3-4,9-10,13-16H2,1-2H3,(H2,25,30). The van der Waals surface area contributed by atoms with Crippen LogP contribution in [-0.2, 0) is 4.74 Å². The number of pyridine rings is 1. The number of likely N-dealkylation sites (N-methyl/N-ethyl adjacent to an activating group) is 1. The van der Waals surface area contributed by atoms with Crippen LogP contribution < -0.4 is 21.5 Å². The van der Waals surface area contributed by atoms with Crippen molar-refractivity contribution >= 4 is 17.3 Å². The maximum Gasteiger partial charge on any atom is 0.270 e. The van der Waals surface area contributed by atoms with Crippen LogP contribution in [-0.4, -0.2) is 67.9 Å². The number of carbonyl (C=O) groups excluding carboxylic acids is 1. The Labute approximate surface area is 188 Å². The lowest BCUT2D eigenvalue weighted by molar-refractivity contribution is 0.0681. The van der Waals surface area contributed by atoms with E-state index in [1.54, 1.807) is 19.4 Å². The molecule has 2 aliphatic rings. The fourth-order valence-electron chi connectivity index (χ4n) is 4.65. The molecule has 0 atom stereocenters. The van der Waals surface area contributed by atoms with E-state index in [2.05, 4.69) is 22.2 Å². The topological polar surface area (TPSA) is 92.8 Å². The van der Waals surface area contributed by atoms with Gasteiger partial charge in [-0.25, -0.2) is 0 Å². The van der Waals surface area contributed by atoms with Gasteiger partial charge in [0.05, 0.1) is 11.8 Å². The maximum atomic E-state index is 13.2. The van der Waals surface area contributed by atoms with Gasteiger partial charge in [-0.2, -0.15) is 0 Å². The Morgan fingerprint density at radius 3 is 2.22 bits per heavy atom. The number of amides is 1. The molecule has 0 spiro atoms. The first kappa shape index (κ1) is 22.4. The summed E-state index contributed by atoms with van der Waals surface area (Å²) in [6, 6.07) is 9.85. The number of rotatable bonds is 6. The fraction of sp³-hybridized carbons (Fsp3) is 0.500. The fourth-order valence-corrected chi connectivity index (χ4v) is 4.65. The molecule has 0 bridgehead atoms. The Morgan fingerprint density at radius 2 is 1.62 bits per heavy atom. The first-order valence-corrected chi connectivity index (χ1v) is 11.3. The van der Waals surface area contributed by atoms with Crippen LogP contribution in [0.15, 0.2) is 41.3 Å². The summed E-state index contributed by atoms with van der Waals surface area (Å²) in [5.74, 6) is -0.716. The smallest absolute Gasteiger partial charge is 0.270 e. The second kappa shape index (κ2) is 9.75. The van der Waals surface area contributed by atoms with E-state index in [0.717, 1.165) is 57.5 Å². The SMILES string of the molecule is COC1CCC(Nc2ccn(-c3ccc(N4CCN(C)CC4)cc3)c(=O)c2C(N)=O)CC1. The zero-order chi connectivity index (χ0) is 22.7. The van der Waals surface area contributed by atoms with Gasteiger partial charge in [-0.1, -0.05) is 0 Å². The third-order valence-electron chi connectivity index (χ3n) is 6.70. The summed E-state index contributed by atoms with van der Waals surface area (Å²) in [5.41, 5.74) is 7.58. The molecule has 2 fully saturated rings. The molecule has 0 radical (unpaired) electrons. The molecule has 1 aromatic heterocycles. The Balaban J connectivity index is 1.54. The van der Waals surface area contributed by atoms with E-state index in [9.17, 15) is 9.59 Å². The third kappa shape index (κ3) is 4.81. The number of carbonyl (C=O) groups is 1. The number of hydrogen-bond acceptors (Lipinski definition) is 6. The largest absolute Gasteiger partial charge is 0.381 e. The minimum atomic E-state index is -0.716. The third-order valence-corrected chi connectivity index (χ3v) is 6.70. The molecule has 1 amide bonds. The van der Waals surface area contributed by atoms with Crippen LogP contribution in [0, 0.1) is 0 Å². The van der Waals surface area contributed by atoms with Crippen molar-refractivity contribution in [2.24, 2.45) is 5.73 Å². The average Bonchev–Trinajstić information content (AvgIpc) is 2.80. The van der Waals surface area contributed by atoms with Gasteiger partial charge in [0, 0.05) is 56.9 Å². The number of ether oxygens (including phenoxy) is 1. The molecule has 2 aromatic rings. The summed E-state index contributed by atoms with van der Waals surface area (Å²) < 4.78 is 6.91. The molecule has 8 nitrogen and oxygen atoms in total.